The summed E-state index contributed by atoms with van der Waals surface area (Å²) in [6, 6.07) is 0. The van der Waals surface area contributed by atoms with E-state index in [9.17, 15) is 18.0 Å². The molecule has 1 aliphatic rings. The highest BCUT2D eigenvalue weighted by atomic mass is 32.1. The first-order chi connectivity index (χ1) is 10.9. The number of anilines is 1. The van der Waals surface area contributed by atoms with Crippen molar-refractivity contribution in [3.8, 4) is 0 Å². The Kier molecular flexibility index (Phi) is 4.00. The minimum absolute atomic E-state index is 0.352. The number of amides is 1. The molecule has 0 aromatic carbocycles. The molecule has 0 bridgehead atoms. The Hall–Kier alpha value is -2.10. The van der Waals surface area contributed by atoms with Crippen LogP contribution in [0.25, 0.3) is 0 Å². The summed E-state index contributed by atoms with van der Waals surface area (Å²) in [5.74, 6) is -0.635. The zero-order valence-electron chi connectivity index (χ0n) is 12.2. The Morgan fingerprint density at radius 1 is 1.26 bits per heavy atom. The lowest BCUT2D eigenvalue weighted by Crippen LogP contribution is -2.49. The second-order valence-electron chi connectivity index (χ2n) is 5.16. The maximum absolute atomic E-state index is 13.0. The van der Waals surface area contributed by atoms with Crippen molar-refractivity contribution >= 4 is 22.4 Å². The highest BCUT2D eigenvalue weighted by Gasteiger charge is 2.40. The first-order valence-corrected chi connectivity index (χ1v) is 7.79. The smallest absolute Gasteiger partial charge is 0.345 e. The average molecular weight is 345 g/mol. The number of nitrogens with zero attached hydrogens (tertiary/aromatic N) is 5. The molecule has 1 saturated heterocycles. The summed E-state index contributed by atoms with van der Waals surface area (Å²) < 4.78 is 39.9. The third kappa shape index (κ3) is 3.16. The van der Waals surface area contributed by atoms with Gasteiger partial charge in [0, 0.05) is 51.0 Å². The molecule has 3 rings (SSSR count). The highest BCUT2D eigenvalue weighted by molar-refractivity contribution is 7.13. The van der Waals surface area contributed by atoms with Gasteiger partial charge in [-0.3, -0.25) is 9.48 Å². The summed E-state index contributed by atoms with van der Waals surface area (Å²) in [6.07, 6.45) is -1.82. The van der Waals surface area contributed by atoms with E-state index in [1.165, 1.54) is 23.3 Å². The summed E-state index contributed by atoms with van der Waals surface area (Å²) in [6.45, 7) is 1.79. The zero-order chi connectivity index (χ0) is 16.6. The first kappa shape index (κ1) is 15.8. The molecule has 124 valence electrons. The molecule has 1 aliphatic heterocycles. The summed E-state index contributed by atoms with van der Waals surface area (Å²) in [4.78, 5) is 20.1. The molecule has 3 heterocycles. The fourth-order valence-corrected chi connectivity index (χ4v) is 3.19. The molecule has 2 aromatic heterocycles. The number of carbonyl (C=O) groups is 1. The minimum atomic E-state index is -4.64. The zero-order valence-corrected chi connectivity index (χ0v) is 13.1. The van der Waals surface area contributed by atoms with Crippen LogP contribution in [0, 0.1) is 0 Å². The molecule has 23 heavy (non-hydrogen) atoms. The van der Waals surface area contributed by atoms with Crippen molar-refractivity contribution in [1.82, 2.24) is 19.7 Å². The van der Waals surface area contributed by atoms with Crippen LogP contribution in [0.15, 0.2) is 17.8 Å². The molecular formula is C13H14F3N5OS. The van der Waals surface area contributed by atoms with E-state index in [1.54, 1.807) is 6.20 Å². The number of aromatic nitrogens is 3. The third-order valence-electron chi connectivity index (χ3n) is 3.58. The number of carbonyl (C=O) groups excluding carboxylic acids is 1. The van der Waals surface area contributed by atoms with Crippen LogP contribution in [0.5, 0.6) is 0 Å². The van der Waals surface area contributed by atoms with Gasteiger partial charge in [-0.2, -0.15) is 18.3 Å². The quantitative estimate of drug-likeness (QED) is 0.834. The van der Waals surface area contributed by atoms with Gasteiger partial charge in [0.25, 0.3) is 5.91 Å². The lowest BCUT2D eigenvalue weighted by molar-refractivity contribution is -0.141. The van der Waals surface area contributed by atoms with E-state index in [1.807, 2.05) is 10.3 Å². The molecule has 10 heteroatoms. The standard InChI is InChI=1S/C13H14F3N5OS/c1-19-8-9(10(18-19)13(14,15)16)11(22)20-3-5-21(6-4-20)12-17-2-7-23-12/h2,7-8H,3-6H2,1H3. The van der Waals surface area contributed by atoms with Crippen LogP contribution in [0.3, 0.4) is 0 Å². The van der Waals surface area contributed by atoms with E-state index >= 15 is 0 Å². The largest absolute Gasteiger partial charge is 0.435 e. The van der Waals surface area contributed by atoms with E-state index in [2.05, 4.69) is 10.1 Å². The van der Waals surface area contributed by atoms with Gasteiger partial charge in [-0.1, -0.05) is 0 Å². The normalized spacial score (nSPS) is 16.0. The summed E-state index contributed by atoms with van der Waals surface area (Å²) in [5, 5.41) is 6.09. The fourth-order valence-electron chi connectivity index (χ4n) is 2.50. The van der Waals surface area contributed by atoms with Crippen LogP contribution < -0.4 is 4.90 Å². The maximum Gasteiger partial charge on any atom is 0.435 e. The molecule has 0 spiro atoms. The molecule has 0 aliphatic carbocycles. The molecule has 0 radical (unpaired) electrons. The number of alkyl halides is 3. The third-order valence-corrected chi connectivity index (χ3v) is 4.42. The molecule has 0 atom stereocenters. The van der Waals surface area contributed by atoms with Crippen LogP contribution >= 0.6 is 11.3 Å². The molecule has 0 unspecified atom stereocenters. The van der Waals surface area contributed by atoms with Crippen LogP contribution in [-0.4, -0.2) is 51.8 Å². The van der Waals surface area contributed by atoms with Gasteiger partial charge in [0.1, 0.15) is 0 Å². The van der Waals surface area contributed by atoms with Crippen molar-refractivity contribution in [2.75, 3.05) is 31.1 Å². The van der Waals surface area contributed by atoms with Gasteiger partial charge in [-0.25, -0.2) is 4.98 Å². The minimum Gasteiger partial charge on any atom is -0.345 e. The maximum atomic E-state index is 13.0. The Balaban J connectivity index is 1.73. The Morgan fingerprint density at radius 2 is 1.96 bits per heavy atom. The molecular weight excluding hydrogens is 331 g/mol. The van der Waals surface area contributed by atoms with Crippen LogP contribution in [0.2, 0.25) is 0 Å². The summed E-state index contributed by atoms with van der Waals surface area (Å²) in [5.41, 5.74) is -1.53. The number of thiazole rings is 1. The predicted molar refractivity (Wildman–Crippen MR) is 78.4 cm³/mol. The molecule has 6 nitrogen and oxygen atoms in total. The SMILES string of the molecule is Cn1cc(C(=O)N2CCN(c3nccs3)CC2)c(C(F)(F)F)n1. The monoisotopic (exact) mass is 345 g/mol. The van der Waals surface area contributed by atoms with Crippen molar-refractivity contribution in [3.63, 3.8) is 0 Å². The number of rotatable bonds is 2. The highest BCUT2D eigenvalue weighted by Crippen LogP contribution is 2.31. The van der Waals surface area contributed by atoms with Gasteiger partial charge in [-0.05, 0) is 0 Å². The second kappa shape index (κ2) is 5.84. The van der Waals surface area contributed by atoms with Crippen molar-refractivity contribution in [3.05, 3.63) is 29.0 Å². The van der Waals surface area contributed by atoms with Gasteiger partial charge >= 0.3 is 6.18 Å². The Bertz CT molecular complexity index is 689. The fraction of sp³-hybridized carbons (Fsp3) is 0.462. The van der Waals surface area contributed by atoms with E-state index in [0.29, 0.717) is 26.2 Å². The topological polar surface area (TPSA) is 54.3 Å². The van der Waals surface area contributed by atoms with E-state index < -0.39 is 23.3 Å². The molecule has 0 saturated carbocycles. The van der Waals surface area contributed by atoms with Crippen LogP contribution in [0.4, 0.5) is 18.3 Å². The number of hydrogen-bond acceptors (Lipinski definition) is 5. The van der Waals surface area contributed by atoms with Crippen molar-refractivity contribution in [2.45, 2.75) is 6.18 Å². The van der Waals surface area contributed by atoms with E-state index in [-0.39, 0.29) is 0 Å². The van der Waals surface area contributed by atoms with Crippen molar-refractivity contribution in [1.29, 1.82) is 0 Å². The van der Waals surface area contributed by atoms with Crippen LogP contribution in [0.1, 0.15) is 16.1 Å². The molecule has 2 aromatic rings. The van der Waals surface area contributed by atoms with Crippen LogP contribution in [-0.2, 0) is 13.2 Å². The van der Waals surface area contributed by atoms with E-state index in [0.717, 1.165) is 16.0 Å². The van der Waals surface area contributed by atoms with Gasteiger partial charge < -0.3 is 9.80 Å². The average Bonchev–Trinajstić information content (AvgIpc) is 3.15. The molecule has 1 fully saturated rings. The van der Waals surface area contributed by atoms with Gasteiger partial charge in [0.2, 0.25) is 0 Å². The molecule has 0 N–H and O–H groups in total. The summed E-state index contributed by atoms with van der Waals surface area (Å²) in [7, 11) is 1.37. The first-order valence-electron chi connectivity index (χ1n) is 6.91. The number of hydrogen-bond donors (Lipinski definition) is 0. The Labute approximate surface area is 134 Å². The van der Waals surface area contributed by atoms with Gasteiger partial charge in [0.05, 0.1) is 5.56 Å². The van der Waals surface area contributed by atoms with Crippen molar-refractivity contribution in [2.24, 2.45) is 7.05 Å². The summed E-state index contributed by atoms with van der Waals surface area (Å²) >= 11 is 1.49. The predicted octanol–water partition coefficient (Wildman–Crippen LogP) is 1.86. The van der Waals surface area contributed by atoms with Crippen molar-refractivity contribution < 1.29 is 18.0 Å². The number of piperazine rings is 1. The Morgan fingerprint density at radius 3 is 2.52 bits per heavy atom. The molecule has 1 amide bonds. The number of aryl methyl sites for hydroxylation is 1. The second-order valence-corrected chi connectivity index (χ2v) is 6.03. The lowest BCUT2D eigenvalue weighted by atomic mass is 10.2. The number of halogens is 3. The lowest BCUT2D eigenvalue weighted by Gasteiger charge is -2.34. The van der Waals surface area contributed by atoms with Gasteiger partial charge in [-0.15, -0.1) is 11.3 Å². The van der Waals surface area contributed by atoms with Gasteiger partial charge in [0.15, 0.2) is 10.8 Å². The van der Waals surface area contributed by atoms with E-state index in [4.69, 9.17) is 0 Å².